The number of para-hydroxylation sites is 2. The van der Waals surface area contributed by atoms with Gasteiger partial charge in [0, 0.05) is 5.39 Å². The van der Waals surface area contributed by atoms with Crippen molar-refractivity contribution in [1.29, 1.82) is 0 Å². The highest BCUT2D eigenvalue weighted by Crippen LogP contribution is 2.31. The van der Waals surface area contributed by atoms with Crippen molar-refractivity contribution in [2.24, 2.45) is 0 Å². The van der Waals surface area contributed by atoms with Crippen LogP contribution in [0.4, 0.5) is 5.13 Å². The normalized spacial score (nSPS) is 11.1. The van der Waals surface area contributed by atoms with Gasteiger partial charge in [-0.2, -0.15) is 0 Å². The molecular weight excluding hydrogens is 320 g/mol. The van der Waals surface area contributed by atoms with Crippen molar-refractivity contribution in [1.82, 2.24) is 4.98 Å². The van der Waals surface area contributed by atoms with E-state index in [1.807, 2.05) is 36.4 Å². The average molecular weight is 329 g/mol. The van der Waals surface area contributed by atoms with Gasteiger partial charge in [-0.05, 0) is 24.3 Å². The fraction of sp³-hybridized carbons (Fsp3) is 0. The lowest BCUT2D eigenvalue weighted by Crippen LogP contribution is -2.10. The predicted molar refractivity (Wildman–Crippen MR) is 88.8 cm³/mol. The van der Waals surface area contributed by atoms with Crippen LogP contribution in [0.2, 0.25) is 5.02 Å². The van der Waals surface area contributed by atoms with Crippen LogP contribution in [0, 0.1) is 0 Å². The van der Waals surface area contributed by atoms with Gasteiger partial charge >= 0.3 is 0 Å². The van der Waals surface area contributed by atoms with Gasteiger partial charge in [-0.15, -0.1) is 0 Å². The van der Waals surface area contributed by atoms with Crippen LogP contribution in [-0.4, -0.2) is 10.9 Å². The minimum absolute atomic E-state index is 0.256. The second kappa shape index (κ2) is 5.12. The van der Waals surface area contributed by atoms with Gasteiger partial charge in [0.1, 0.15) is 11.1 Å². The quantitative estimate of drug-likeness (QED) is 0.566. The summed E-state index contributed by atoms with van der Waals surface area (Å²) in [4.78, 5) is 16.6. The zero-order chi connectivity index (χ0) is 15.1. The molecule has 1 N–H and O–H groups in total. The predicted octanol–water partition coefficient (Wildman–Crippen LogP) is 4.95. The molecule has 4 aromatic rings. The Morgan fingerprint density at radius 1 is 1.18 bits per heavy atom. The van der Waals surface area contributed by atoms with Crippen molar-refractivity contribution >= 4 is 55.2 Å². The van der Waals surface area contributed by atoms with E-state index in [0.29, 0.717) is 21.3 Å². The number of thiazole rings is 1. The fourth-order valence-corrected chi connectivity index (χ4v) is 3.38. The molecule has 2 heterocycles. The van der Waals surface area contributed by atoms with Gasteiger partial charge < -0.3 is 4.42 Å². The van der Waals surface area contributed by atoms with Crippen molar-refractivity contribution in [3.05, 3.63) is 59.3 Å². The van der Waals surface area contributed by atoms with Gasteiger partial charge in [0.2, 0.25) is 0 Å². The standard InChI is InChI=1S/C16H9ClN2O2S/c17-10-5-3-7-13-14(10)18-16(22-13)19-15(20)12-8-9-4-1-2-6-11(9)21-12/h1-8H,(H,18,19,20). The third-order valence-corrected chi connectivity index (χ3v) is 4.48. The number of aromatic nitrogens is 1. The molecule has 0 fully saturated rings. The van der Waals surface area contributed by atoms with E-state index in [0.717, 1.165) is 10.1 Å². The summed E-state index contributed by atoms with van der Waals surface area (Å²) in [5.74, 6) is -0.0714. The Hall–Kier alpha value is -2.37. The number of hydrogen-bond acceptors (Lipinski definition) is 4. The first-order valence-electron chi connectivity index (χ1n) is 6.56. The number of nitrogens with zero attached hydrogens (tertiary/aromatic N) is 1. The number of fused-ring (bicyclic) bond motifs is 2. The van der Waals surface area contributed by atoms with Gasteiger partial charge in [0.25, 0.3) is 5.91 Å². The van der Waals surface area contributed by atoms with E-state index < -0.39 is 0 Å². The van der Waals surface area contributed by atoms with E-state index >= 15 is 0 Å². The van der Waals surface area contributed by atoms with Crippen LogP contribution in [-0.2, 0) is 0 Å². The molecule has 0 atom stereocenters. The highest BCUT2D eigenvalue weighted by molar-refractivity contribution is 7.22. The monoisotopic (exact) mass is 328 g/mol. The number of nitrogens with one attached hydrogen (secondary N) is 1. The third kappa shape index (κ3) is 2.24. The molecule has 0 bridgehead atoms. The van der Waals surface area contributed by atoms with Crippen LogP contribution in [0.15, 0.2) is 52.9 Å². The lowest BCUT2D eigenvalue weighted by Gasteiger charge is -1.96. The summed E-state index contributed by atoms with van der Waals surface area (Å²) >= 11 is 7.46. The number of carbonyl (C=O) groups is 1. The Labute approximate surface area is 134 Å². The topological polar surface area (TPSA) is 55.1 Å². The molecule has 2 aromatic carbocycles. The van der Waals surface area contributed by atoms with E-state index in [9.17, 15) is 4.79 Å². The maximum Gasteiger partial charge on any atom is 0.293 e. The summed E-state index contributed by atoms with van der Waals surface area (Å²) in [6.45, 7) is 0. The maximum atomic E-state index is 12.3. The second-order valence-electron chi connectivity index (χ2n) is 4.71. The van der Waals surface area contributed by atoms with Crippen molar-refractivity contribution in [2.75, 3.05) is 5.32 Å². The molecule has 0 aliphatic heterocycles. The number of hydrogen-bond donors (Lipinski definition) is 1. The van der Waals surface area contributed by atoms with Crippen molar-refractivity contribution in [3.63, 3.8) is 0 Å². The Balaban J connectivity index is 1.66. The molecule has 108 valence electrons. The van der Waals surface area contributed by atoms with E-state index in [2.05, 4.69) is 10.3 Å². The smallest absolute Gasteiger partial charge is 0.293 e. The van der Waals surface area contributed by atoms with Crippen molar-refractivity contribution in [2.45, 2.75) is 0 Å². The molecular formula is C16H9ClN2O2S. The highest BCUT2D eigenvalue weighted by atomic mass is 35.5. The van der Waals surface area contributed by atoms with Crippen LogP contribution in [0.3, 0.4) is 0 Å². The van der Waals surface area contributed by atoms with Crippen LogP contribution in [0.5, 0.6) is 0 Å². The lowest BCUT2D eigenvalue weighted by molar-refractivity contribution is 0.0998. The van der Waals surface area contributed by atoms with Gasteiger partial charge in [-0.25, -0.2) is 4.98 Å². The van der Waals surface area contributed by atoms with Crippen LogP contribution < -0.4 is 5.32 Å². The van der Waals surface area contributed by atoms with E-state index in [4.69, 9.17) is 16.0 Å². The Morgan fingerprint density at radius 2 is 2.05 bits per heavy atom. The summed E-state index contributed by atoms with van der Waals surface area (Å²) in [6.07, 6.45) is 0. The minimum atomic E-state index is -0.327. The lowest BCUT2D eigenvalue weighted by atomic mass is 10.2. The van der Waals surface area contributed by atoms with Crippen LogP contribution in [0.1, 0.15) is 10.6 Å². The van der Waals surface area contributed by atoms with E-state index in [1.165, 1.54) is 11.3 Å². The highest BCUT2D eigenvalue weighted by Gasteiger charge is 2.15. The van der Waals surface area contributed by atoms with Crippen molar-refractivity contribution < 1.29 is 9.21 Å². The number of anilines is 1. The zero-order valence-corrected chi connectivity index (χ0v) is 12.7. The van der Waals surface area contributed by atoms with Crippen LogP contribution >= 0.6 is 22.9 Å². The molecule has 1 amide bonds. The third-order valence-electron chi connectivity index (χ3n) is 3.24. The average Bonchev–Trinajstić information content (AvgIpc) is 3.11. The van der Waals surface area contributed by atoms with Gasteiger partial charge in [-0.3, -0.25) is 10.1 Å². The molecule has 0 saturated carbocycles. The number of halogens is 1. The van der Waals surface area contributed by atoms with Gasteiger partial charge in [-0.1, -0.05) is 47.2 Å². The maximum absolute atomic E-state index is 12.3. The molecule has 4 nitrogen and oxygen atoms in total. The largest absolute Gasteiger partial charge is 0.451 e. The molecule has 0 unspecified atom stereocenters. The molecule has 0 spiro atoms. The number of furan rings is 1. The SMILES string of the molecule is O=C(Nc1nc2c(Cl)cccc2s1)c1cc2ccccc2o1. The van der Waals surface area contributed by atoms with Crippen molar-refractivity contribution in [3.8, 4) is 0 Å². The summed E-state index contributed by atoms with van der Waals surface area (Å²) in [5, 5.41) is 4.70. The first-order chi connectivity index (χ1) is 10.7. The van der Waals surface area contributed by atoms with E-state index in [-0.39, 0.29) is 11.7 Å². The summed E-state index contributed by atoms with van der Waals surface area (Å²) in [7, 11) is 0. The number of benzene rings is 2. The Kier molecular flexibility index (Phi) is 3.10. The molecule has 0 aliphatic rings. The molecule has 4 rings (SSSR count). The second-order valence-corrected chi connectivity index (χ2v) is 6.15. The molecule has 22 heavy (non-hydrogen) atoms. The first-order valence-corrected chi connectivity index (χ1v) is 7.75. The summed E-state index contributed by atoms with van der Waals surface area (Å²) < 4.78 is 6.46. The summed E-state index contributed by atoms with van der Waals surface area (Å²) in [5.41, 5.74) is 1.37. The number of carbonyl (C=O) groups excluding carboxylic acids is 1. The molecule has 0 saturated heterocycles. The molecule has 6 heteroatoms. The van der Waals surface area contributed by atoms with Gasteiger partial charge in [0.15, 0.2) is 10.9 Å². The molecule has 0 aliphatic carbocycles. The minimum Gasteiger partial charge on any atom is -0.451 e. The molecule has 2 aromatic heterocycles. The number of amides is 1. The Bertz CT molecular complexity index is 973. The van der Waals surface area contributed by atoms with E-state index in [1.54, 1.807) is 12.1 Å². The van der Waals surface area contributed by atoms with Crippen LogP contribution in [0.25, 0.3) is 21.2 Å². The summed E-state index contributed by atoms with van der Waals surface area (Å²) in [6, 6.07) is 14.7. The number of rotatable bonds is 2. The Morgan fingerprint density at radius 3 is 2.86 bits per heavy atom. The molecule has 0 radical (unpaired) electrons. The first kappa shape index (κ1) is 13.3. The zero-order valence-electron chi connectivity index (χ0n) is 11.2. The fourth-order valence-electron chi connectivity index (χ4n) is 2.22. The van der Waals surface area contributed by atoms with Gasteiger partial charge in [0.05, 0.1) is 9.72 Å².